The van der Waals surface area contributed by atoms with Crippen LogP contribution < -0.4 is 9.47 Å². The van der Waals surface area contributed by atoms with Crippen molar-refractivity contribution in [3.05, 3.63) is 58.6 Å². The lowest BCUT2D eigenvalue weighted by atomic mass is 10.2. The predicted molar refractivity (Wildman–Crippen MR) is 75.7 cm³/mol. The fourth-order valence-corrected chi connectivity index (χ4v) is 1.93. The van der Waals surface area contributed by atoms with Gasteiger partial charge in [-0.2, -0.15) is 0 Å². The molecule has 1 N–H and O–H groups in total. The van der Waals surface area contributed by atoms with Crippen LogP contribution in [0, 0.1) is 0 Å². The third-order valence-electron chi connectivity index (χ3n) is 2.70. The number of rotatable bonds is 5. The molecule has 2 aromatic rings. The van der Waals surface area contributed by atoms with Gasteiger partial charge in [0.05, 0.1) is 7.11 Å². The topological polar surface area (TPSA) is 55.8 Å². The van der Waals surface area contributed by atoms with Gasteiger partial charge in [-0.1, -0.05) is 23.7 Å². The summed E-state index contributed by atoms with van der Waals surface area (Å²) in [6.07, 6.45) is 0. The second-order valence-electron chi connectivity index (χ2n) is 4.09. The van der Waals surface area contributed by atoms with E-state index in [0.717, 1.165) is 5.56 Å². The molecule has 0 atom stereocenters. The number of hydrogen-bond acceptors (Lipinski definition) is 3. The molecule has 2 rings (SSSR count). The molecule has 104 valence electrons. The third kappa shape index (κ3) is 3.42. The first-order valence-corrected chi connectivity index (χ1v) is 6.26. The SMILES string of the molecule is COc1ccc(C(=O)O)c(OCc2cccc(Cl)c2)c1. The molecule has 0 saturated carbocycles. The zero-order chi connectivity index (χ0) is 14.5. The number of benzene rings is 2. The highest BCUT2D eigenvalue weighted by Gasteiger charge is 2.12. The van der Waals surface area contributed by atoms with Crippen LogP contribution in [0.1, 0.15) is 15.9 Å². The second-order valence-corrected chi connectivity index (χ2v) is 4.52. The van der Waals surface area contributed by atoms with Gasteiger partial charge in [0.15, 0.2) is 0 Å². The van der Waals surface area contributed by atoms with Crippen LogP contribution in [0.15, 0.2) is 42.5 Å². The molecule has 0 spiro atoms. The van der Waals surface area contributed by atoms with Crippen LogP contribution in [0.2, 0.25) is 5.02 Å². The zero-order valence-corrected chi connectivity index (χ0v) is 11.6. The maximum atomic E-state index is 11.1. The Morgan fingerprint density at radius 3 is 2.70 bits per heavy atom. The van der Waals surface area contributed by atoms with Crippen molar-refractivity contribution >= 4 is 17.6 Å². The summed E-state index contributed by atoms with van der Waals surface area (Å²) in [4.78, 5) is 11.1. The van der Waals surface area contributed by atoms with Gasteiger partial charge in [-0.25, -0.2) is 4.79 Å². The van der Waals surface area contributed by atoms with E-state index in [1.807, 2.05) is 12.1 Å². The van der Waals surface area contributed by atoms with Crippen LogP contribution in [0.4, 0.5) is 0 Å². The average Bonchev–Trinajstić information content (AvgIpc) is 2.44. The van der Waals surface area contributed by atoms with Gasteiger partial charge in [0.1, 0.15) is 23.7 Å². The quantitative estimate of drug-likeness (QED) is 0.914. The maximum Gasteiger partial charge on any atom is 0.339 e. The Morgan fingerprint density at radius 2 is 2.05 bits per heavy atom. The van der Waals surface area contributed by atoms with Crippen molar-refractivity contribution in [2.24, 2.45) is 0 Å². The Morgan fingerprint density at radius 1 is 1.25 bits per heavy atom. The lowest BCUT2D eigenvalue weighted by Gasteiger charge is -2.11. The van der Waals surface area contributed by atoms with Crippen LogP contribution in [0.5, 0.6) is 11.5 Å². The van der Waals surface area contributed by atoms with Gasteiger partial charge in [0, 0.05) is 11.1 Å². The van der Waals surface area contributed by atoms with E-state index in [0.29, 0.717) is 10.8 Å². The number of hydrogen-bond donors (Lipinski definition) is 1. The van der Waals surface area contributed by atoms with E-state index in [1.165, 1.54) is 13.2 Å². The normalized spacial score (nSPS) is 10.1. The minimum absolute atomic E-state index is 0.0906. The van der Waals surface area contributed by atoms with Crippen molar-refractivity contribution in [3.8, 4) is 11.5 Å². The number of carboxylic acids is 1. The van der Waals surface area contributed by atoms with Crippen LogP contribution in [-0.2, 0) is 6.61 Å². The summed E-state index contributed by atoms with van der Waals surface area (Å²) in [5.74, 6) is -0.248. The van der Waals surface area contributed by atoms with E-state index < -0.39 is 5.97 Å². The van der Waals surface area contributed by atoms with Crippen molar-refractivity contribution in [2.45, 2.75) is 6.61 Å². The fraction of sp³-hybridized carbons (Fsp3) is 0.133. The summed E-state index contributed by atoms with van der Waals surface area (Å²) in [7, 11) is 1.51. The summed E-state index contributed by atoms with van der Waals surface area (Å²) >= 11 is 5.89. The number of halogens is 1. The monoisotopic (exact) mass is 292 g/mol. The molecule has 0 aliphatic carbocycles. The molecule has 0 aliphatic rings. The molecule has 0 aliphatic heterocycles. The number of methoxy groups -OCH3 is 1. The number of carboxylic acid groups (broad SMARTS) is 1. The number of aromatic carboxylic acids is 1. The van der Waals surface area contributed by atoms with Crippen LogP contribution in [0.3, 0.4) is 0 Å². The van der Waals surface area contributed by atoms with Crippen molar-refractivity contribution in [3.63, 3.8) is 0 Å². The molecule has 0 radical (unpaired) electrons. The van der Waals surface area contributed by atoms with Crippen LogP contribution >= 0.6 is 11.6 Å². The molecular weight excluding hydrogens is 280 g/mol. The van der Waals surface area contributed by atoms with E-state index in [-0.39, 0.29) is 17.9 Å². The molecular formula is C15H13ClO4. The minimum atomic E-state index is -1.05. The lowest BCUT2D eigenvalue weighted by molar-refractivity contribution is 0.0691. The molecule has 0 saturated heterocycles. The standard InChI is InChI=1S/C15H13ClO4/c1-19-12-5-6-13(15(17)18)14(8-12)20-9-10-3-2-4-11(16)7-10/h2-8H,9H2,1H3,(H,17,18). The third-order valence-corrected chi connectivity index (χ3v) is 2.94. The Bertz CT molecular complexity index is 625. The minimum Gasteiger partial charge on any atom is -0.497 e. The Balaban J connectivity index is 2.21. The van der Waals surface area contributed by atoms with Crippen LogP contribution in [0.25, 0.3) is 0 Å². The Hall–Kier alpha value is -2.20. The van der Waals surface area contributed by atoms with E-state index in [9.17, 15) is 4.79 Å². The molecule has 5 heteroatoms. The van der Waals surface area contributed by atoms with Gasteiger partial charge in [0.25, 0.3) is 0 Å². The van der Waals surface area contributed by atoms with Crippen LogP contribution in [-0.4, -0.2) is 18.2 Å². The van der Waals surface area contributed by atoms with Gasteiger partial charge in [-0.3, -0.25) is 0 Å². The molecule has 4 nitrogen and oxygen atoms in total. The molecule has 0 heterocycles. The highest BCUT2D eigenvalue weighted by molar-refractivity contribution is 6.30. The Labute approximate surface area is 121 Å². The van der Waals surface area contributed by atoms with E-state index in [1.54, 1.807) is 24.3 Å². The first-order chi connectivity index (χ1) is 9.60. The molecule has 0 bridgehead atoms. The number of ether oxygens (including phenoxy) is 2. The van der Waals surface area contributed by atoms with Gasteiger partial charge in [0.2, 0.25) is 0 Å². The summed E-state index contributed by atoms with van der Waals surface area (Å²) in [6, 6.07) is 11.8. The van der Waals surface area contributed by atoms with Gasteiger partial charge < -0.3 is 14.6 Å². The van der Waals surface area contributed by atoms with Crippen molar-refractivity contribution in [2.75, 3.05) is 7.11 Å². The molecule has 20 heavy (non-hydrogen) atoms. The van der Waals surface area contributed by atoms with E-state index in [2.05, 4.69) is 0 Å². The first-order valence-electron chi connectivity index (χ1n) is 5.88. The highest BCUT2D eigenvalue weighted by atomic mass is 35.5. The number of carbonyl (C=O) groups is 1. The van der Waals surface area contributed by atoms with Crippen molar-refractivity contribution in [1.82, 2.24) is 0 Å². The predicted octanol–water partition coefficient (Wildman–Crippen LogP) is 3.63. The van der Waals surface area contributed by atoms with Crippen molar-refractivity contribution < 1.29 is 19.4 Å². The molecule has 0 fully saturated rings. The van der Waals surface area contributed by atoms with E-state index in [4.69, 9.17) is 26.2 Å². The van der Waals surface area contributed by atoms with Gasteiger partial charge in [-0.05, 0) is 29.8 Å². The molecule has 0 aromatic heterocycles. The fourth-order valence-electron chi connectivity index (χ4n) is 1.71. The van der Waals surface area contributed by atoms with E-state index >= 15 is 0 Å². The largest absolute Gasteiger partial charge is 0.497 e. The summed E-state index contributed by atoms with van der Waals surface area (Å²) in [5.41, 5.74) is 0.949. The van der Waals surface area contributed by atoms with Gasteiger partial charge >= 0.3 is 5.97 Å². The lowest BCUT2D eigenvalue weighted by Crippen LogP contribution is -2.03. The first kappa shape index (κ1) is 14.2. The average molecular weight is 293 g/mol. The zero-order valence-electron chi connectivity index (χ0n) is 10.8. The smallest absolute Gasteiger partial charge is 0.339 e. The van der Waals surface area contributed by atoms with Crippen molar-refractivity contribution in [1.29, 1.82) is 0 Å². The van der Waals surface area contributed by atoms with Gasteiger partial charge in [-0.15, -0.1) is 0 Å². The highest BCUT2D eigenvalue weighted by Crippen LogP contribution is 2.26. The second kappa shape index (κ2) is 6.30. The molecule has 0 unspecified atom stereocenters. The Kier molecular flexibility index (Phi) is 4.48. The summed E-state index contributed by atoms with van der Waals surface area (Å²) < 4.78 is 10.6. The summed E-state index contributed by atoms with van der Waals surface area (Å²) in [6.45, 7) is 0.230. The molecule has 2 aromatic carbocycles. The maximum absolute atomic E-state index is 11.1. The molecule has 0 amide bonds. The summed E-state index contributed by atoms with van der Waals surface area (Å²) in [5, 5.41) is 9.74.